The first kappa shape index (κ1) is 21.9. The van der Waals surface area contributed by atoms with Crippen LogP contribution >= 0.6 is 0 Å². The molecule has 0 radical (unpaired) electrons. The molecule has 0 amide bonds. The molecule has 0 saturated carbocycles. The van der Waals surface area contributed by atoms with E-state index in [9.17, 15) is 5.11 Å². The van der Waals surface area contributed by atoms with E-state index in [4.69, 9.17) is 15.2 Å². The van der Waals surface area contributed by atoms with Crippen molar-refractivity contribution in [2.75, 3.05) is 39.1 Å². The number of aliphatic hydroxyl groups is 1. The Balaban J connectivity index is 1.76. The number of imidazole rings is 1. The van der Waals surface area contributed by atoms with Crippen molar-refractivity contribution in [2.24, 2.45) is 0 Å². The highest BCUT2D eigenvalue weighted by Gasteiger charge is 2.23. The Hall–Kier alpha value is -2.77. The number of aliphatic hydroxyl groups excluding tert-OH is 1. The van der Waals surface area contributed by atoms with Crippen molar-refractivity contribution in [3.05, 3.63) is 48.5 Å². The maximum atomic E-state index is 10.7. The van der Waals surface area contributed by atoms with Crippen molar-refractivity contribution in [1.29, 1.82) is 0 Å². The molecule has 0 spiro atoms. The fourth-order valence-corrected chi connectivity index (χ4v) is 3.71. The first-order chi connectivity index (χ1) is 14.6. The molecule has 0 bridgehead atoms. The standard InChI is InChI=1S/C23H32N4O3/c1-4-25(5-2)14-15-26-19-10-6-7-11-20(19)27(23(26)24)16-18(28)17-30-22-13-9-8-12-21(22)29-3/h6-13,18,24,28H,4-5,14-17H2,1-3H3/p+1/t18-/m0/s1. The molecule has 2 aromatic carbocycles. The van der Waals surface area contributed by atoms with Gasteiger partial charge in [0.15, 0.2) is 11.5 Å². The van der Waals surface area contributed by atoms with Crippen LogP contribution in [0.1, 0.15) is 13.8 Å². The number of ether oxygens (including phenoxy) is 2. The van der Waals surface area contributed by atoms with Gasteiger partial charge < -0.3 is 19.5 Å². The molecular weight excluding hydrogens is 380 g/mol. The summed E-state index contributed by atoms with van der Waals surface area (Å²) < 4.78 is 15.2. The second-order valence-corrected chi connectivity index (χ2v) is 7.25. The van der Waals surface area contributed by atoms with Crippen molar-refractivity contribution < 1.29 is 19.1 Å². The molecule has 0 aliphatic carbocycles. The van der Waals surface area contributed by atoms with E-state index < -0.39 is 6.10 Å². The third-order valence-electron chi connectivity index (χ3n) is 5.44. The van der Waals surface area contributed by atoms with Gasteiger partial charge in [0, 0.05) is 6.54 Å². The summed E-state index contributed by atoms with van der Waals surface area (Å²) in [6.07, 6.45) is -0.718. The van der Waals surface area contributed by atoms with E-state index in [-0.39, 0.29) is 6.61 Å². The summed E-state index contributed by atoms with van der Waals surface area (Å²) in [4.78, 5) is 2.37. The second kappa shape index (κ2) is 10.3. The summed E-state index contributed by atoms with van der Waals surface area (Å²) in [6.45, 7) is 8.57. The van der Waals surface area contributed by atoms with E-state index in [2.05, 4.69) is 29.4 Å². The zero-order valence-electron chi connectivity index (χ0n) is 18.1. The van der Waals surface area contributed by atoms with Crippen molar-refractivity contribution in [2.45, 2.75) is 33.0 Å². The Kier molecular flexibility index (Phi) is 7.54. The van der Waals surface area contributed by atoms with Crippen LogP contribution in [0.4, 0.5) is 5.95 Å². The SMILES string of the molecule is CCN(CC)CCn1c(N)[n+](C[C@H](O)COc2ccccc2OC)c2ccccc21. The second-order valence-electron chi connectivity index (χ2n) is 7.25. The zero-order valence-corrected chi connectivity index (χ0v) is 18.1. The lowest BCUT2D eigenvalue weighted by Crippen LogP contribution is -2.44. The number of nitrogens with zero attached hydrogens (tertiary/aromatic N) is 3. The third kappa shape index (κ3) is 4.86. The number of aromatic nitrogens is 2. The van der Waals surface area contributed by atoms with Gasteiger partial charge in [0.05, 0.1) is 13.7 Å². The van der Waals surface area contributed by atoms with Gasteiger partial charge in [-0.3, -0.25) is 5.73 Å². The minimum absolute atomic E-state index is 0.145. The molecule has 0 aliphatic heterocycles. The lowest BCUT2D eigenvalue weighted by atomic mass is 10.3. The lowest BCUT2D eigenvalue weighted by Gasteiger charge is -2.17. The quantitative estimate of drug-likeness (QED) is 0.472. The van der Waals surface area contributed by atoms with E-state index in [0.717, 1.165) is 37.2 Å². The predicted octanol–water partition coefficient (Wildman–Crippen LogP) is 2.30. The highest BCUT2D eigenvalue weighted by atomic mass is 16.5. The molecule has 162 valence electrons. The monoisotopic (exact) mass is 413 g/mol. The molecule has 7 heteroatoms. The molecule has 3 rings (SSSR count). The number of fused-ring (bicyclic) bond motifs is 1. The number of hydrogen-bond donors (Lipinski definition) is 2. The molecular formula is C23H33N4O3+. The van der Waals surface area contributed by atoms with Gasteiger partial charge in [-0.1, -0.05) is 38.1 Å². The van der Waals surface area contributed by atoms with E-state index in [1.54, 1.807) is 7.11 Å². The van der Waals surface area contributed by atoms with Crippen molar-refractivity contribution in [1.82, 2.24) is 9.47 Å². The molecule has 0 aliphatic rings. The van der Waals surface area contributed by atoms with Crippen LogP contribution in [0.2, 0.25) is 0 Å². The molecule has 1 heterocycles. The number of para-hydroxylation sites is 4. The smallest absolute Gasteiger partial charge is 0.356 e. The summed E-state index contributed by atoms with van der Waals surface area (Å²) in [5, 5.41) is 10.7. The van der Waals surface area contributed by atoms with Crippen LogP contribution in [0, 0.1) is 0 Å². The summed E-state index contributed by atoms with van der Waals surface area (Å²) in [5.41, 5.74) is 8.60. The number of anilines is 1. The minimum atomic E-state index is -0.718. The normalized spacial score (nSPS) is 12.4. The summed E-state index contributed by atoms with van der Waals surface area (Å²) in [7, 11) is 1.60. The molecule has 3 aromatic rings. The van der Waals surface area contributed by atoms with Gasteiger partial charge in [-0.15, -0.1) is 0 Å². The summed E-state index contributed by atoms with van der Waals surface area (Å²) in [5.74, 6) is 1.89. The average molecular weight is 414 g/mol. The van der Waals surface area contributed by atoms with Gasteiger partial charge in [0.1, 0.15) is 30.3 Å². The van der Waals surface area contributed by atoms with Crippen LogP contribution in [0.25, 0.3) is 11.0 Å². The molecule has 0 fully saturated rings. The van der Waals surface area contributed by atoms with Crippen molar-refractivity contribution in [3.63, 3.8) is 0 Å². The number of rotatable bonds is 11. The van der Waals surface area contributed by atoms with Gasteiger partial charge >= 0.3 is 5.95 Å². The molecule has 0 saturated heterocycles. The lowest BCUT2D eigenvalue weighted by molar-refractivity contribution is -0.665. The Morgan fingerprint density at radius 2 is 1.73 bits per heavy atom. The maximum Gasteiger partial charge on any atom is 0.356 e. The van der Waals surface area contributed by atoms with Crippen LogP contribution in [0.15, 0.2) is 48.5 Å². The average Bonchev–Trinajstić information content (AvgIpc) is 3.04. The van der Waals surface area contributed by atoms with Crippen LogP contribution in [-0.2, 0) is 13.1 Å². The van der Waals surface area contributed by atoms with Crippen LogP contribution in [0.3, 0.4) is 0 Å². The van der Waals surface area contributed by atoms with Crippen LogP contribution in [-0.4, -0.2) is 54.0 Å². The molecule has 3 N–H and O–H groups in total. The van der Waals surface area contributed by atoms with Gasteiger partial charge in [0.25, 0.3) is 0 Å². The molecule has 1 aromatic heterocycles. The van der Waals surface area contributed by atoms with E-state index in [1.165, 1.54) is 0 Å². The van der Waals surface area contributed by atoms with Gasteiger partial charge in [0.2, 0.25) is 0 Å². The Labute approximate surface area is 178 Å². The fraction of sp³-hybridized carbons (Fsp3) is 0.435. The molecule has 1 atom stereocenters. The molecule has 30 heavy (non-hydrogen) atoms. The van der Waals surface area contributed by atoms with E-state index >= 15 is 0 Å². The summed E-state index contributed by atoms with van der Waals surface area (Å²) >= 11 is 0. The minimum Gasteiger partial charge on any atom is -0.493 e. The number of benzene rings is 2. The predicted molar refractivity (Wildman–Crippen MR) is 119 cm³/mol. The zero-order chi connectivity index (χ0) is 21.5. The Morgan fingerprint density at radius 3 is 2.43 bits per heavy atom. The molecule has 0 unspecified atom stereocenters. The largest absolute Gasteiger partial charge is 0.493 e. The Bertz CT molecular complexity index is 953. The number of methoxy groups -OCH3 is 1. The molecule has 7 nitrogen and oxygen atoms in total. The highest BCUT2D eigenvalue weighted by Crippen LogP contribution is 2.26. The number of hydrogen-bond acceptors (Lipinski definition) is 5. The number of likely N-dealkylation sites (N-methyl/N-ethyl adjacent to an activating group) is 1. The first-order valence-electron chi connectivity index (χ1n) is 10.5. The third-order valence-corrected chi connectivity index (χ3v) is 5.44. The van der Waals surface area contributed by atoms with E-state index in [0.29, 0.717) is 24.0 Å². The number of nitrogen functional groups attached to an aromatic ring is 1. The highest BCUT2D eigenvalue weighted by molar-refractivity contribution is 5.73. The fourth-order valence-electron chi connectivity index (χ4n) is 3.71. The van der Waals surface area contributed by atoms with Gasteiger partial charge in [-0.25, -0.2) is 9.13 Å². The summed E-state index contributed by atoms with van der Waals surface area (Å²) in [6, 6.07) is 15.5. The van der Waals surface area contributed by atoms with Crippen molar-refractivity contribution >= 4 is 17.0 Å². The van der Waals surface area contributed by atoms with Gasteiger partial charge in [-0.05, 0) is 37.4 Å². The number of nitrogens with two attached hydrogens (primary N) is 1. The van der Waals surface area contributed by atoms with Gasteiger partial charge in [-0.2, -0.15) is 0 Å². The van der Waals surface area contributed by atoms with Crippen LogP contribution < -0.4 is 19.8 Å². The Morgan fingerprint density at radius 1 is 1.07 bits per heavy atom. The van der Waals surface area contributed by atoms with Crippen molar-refractivity contribution in [3.8, 4) is 11.5 Å². The topological polar surface area (TPSA) is 76.8 Å². The maximum absolute atomic E-state index is 10.7. The van der Waals surface area contributed by atoms with Crippen LogP contribution in [0.5, 0.6) is 11.5 Å². The first-order valence-corrected chi connectivity index (χ1v) is 10.5. The van der Waals surface area contributed by atoms with E-state index in [1.807, 2.05) is 47.0 Å².